The highest BCUT2D eigenvalue weighted by Crippen LogP contribution is 2.26. The highest BCUT2D eigenvalue weighted by molar-refractivity contribution is 6.09. The average Bonchev–Trinajstić information content (AvgIpc) is 3.15. The number of carbonyl (C=O) groups excluding carboxylic acids is 1. The molecule has 0 fully saturated rings. The topological polar surface area (TPSA) is 75.3 Å². The molecule has 0 unspecified atom stereocenters. The van der Waals surface area contributed by atoms with E-state index in [4.69, 9.17) is 9.15 Å². The highest BCUT2D eigenvalue weighted by Gasteiger charge is 2.13. The predicted molar refractivity (Wildman–Crippen MR) is 99.3 cm³/mol. The zero-order chi connectivity index (χ0) is 19.2. The summed E-state index contributed by atoms with van der Waals surface area (Å²) in [6, 6.07) is 18.0. The van der Waals surface area contributed by atoms with E-state index in [-0.39, 0.29) is 11.3 Å². The lowest BCUT2D eigenvalue weighted by molar-refractivity contribution is -0.112. The average molecular weight is 362 g/mol. The molecule has 0 atom stereocenters. The molecule has 0 saturated heterocycles. The number of nitrogens with one attached hydrogen (secondary N) is 1. The Morgan fingerprint density at radius 1 is 1.19 bits per heavy atom. The third-order valence-electron chi connectivity index (χ3n) is 3.75. The van der Waals surface area contributed by atoms with Crippen molar-refractivity contribution in [3.8, 4) is 23.1 Å². The number of carbonyl (C=O) groups is 1. The van der Waals surface area contributed by atoms with E-state index in [2.05, 4.69) is 5.32 Å². The van der Waals surface area contributed by atoms with Crippen LogP contribution in [0.5, 0.6) is 5.75 Å². The largest absolute Gasteiger partial charge is 0.497 e. The summed E-state index contributed by atoms with van der Waals surface area (Å²) in [6.45, 7) is 0. The summed E-state index contributed by atoms with van der Waals surface area (Å²) in [5, 5.41) is 11.9. The van der Waals surface area contributed by atoms with Gasteiger partial charge in [0.2, 0.25) is 0 Å². The SMILES string of the molecule is COc1cccc(NC(=O)/C(C#N)=C/c2ccc(-c3ccccc3F)o2)c1. The van der Waals surface area contributed by atoms with Gasteiger partial charge in [0, 0.05) is 17.8 Å². The maximum atomic E-state index is 13.8. The van der Waals surface area contributed by atoms with Crippen LogP contribution in [0.25, 0.3) is 17.4 Å². The molecule has 5 nitrogen and oxygen atoms in total. The van der Waals surface area contributed by atoms with E-state index in [1.54, 1.807) is 54.6 Å². The van der Waals surface area contributed by atoms with Crippen LogP contribution >= 0.6 is 0 Å². The summed E-state index contributed by atoms with van der Waals surface area (Å²) in [5.74, 6) is 0.152. The van der Waals surface area contributed by atoms with Gasteiger partial charge in [-0.15, -0.1) is 0 Å². The van der Waals surface area contributed by atoms with Crippen LogP contribution in [0.1, 0.15) is 5.76 Å². The number of anilines is 1. The molecule has 1 heterocycles. The number of amides is 1. The van der Waals surface area contributed by atoms with E-state index in [1.807, 2.05) is 6.07 Å². The third-order valence-corrected chi connectivity index (χ3v) is 3.75. The van der Waals surface area contributed by atoms with Crippen LogP contribution in [0.2, 0.25) is 0 Å². The lowest BCUT2D eigenvalue weighted by atomic mass is 10.1. The molecule has 1 amide bonds. The van der Waals surface area contributed by atoms with Gasteiger partial charge in [-0.1, -0.05) is 18.2 Å². The fraction of sp³-hybridized carbons (Fsp3) is 0.0476. The number of hydrogen-bond donors (Lipinski definition) is 1. The first kappa shape index (κ1) is 18.0. The van der Waals surface area contributed by atoms with E-state index >= 15 is 0 Å². The summed E-state index contributed by atoms with van der Waals surface area (Å²) >= 11 is 0. The molecule has 1 aromatic heterocycles. The van der Waals surface area contributed by atoms with E-state index in [0.29, 0.717) is 22.8 Å². The number of nitrogens with zero attached hydrogens (tertiary/aromatic N) is 1. The van der Waals surface area contributed by atoms with Crippen molar-refractivity contribution in [3.05, 3.63) is 77.8 Å². The first-order chi connectivity index (χ1) is 13.1. The molecular weight excluding hydrogens is 347 g/mol. The second kappa shape index (κ2) is 8.02. The summed E-state index contributed by atoms with van der Waals surface area (Å²) in [6.07, 6.45) is 1.31. The van der Waals surface area contributed by atoms with E-state index in [9.17, 15) is 14.4 Å². The first-order valence-electron chi connectivity index (χ1n) is 8.02. The minimum absolute atomic E-state index is 0.146. The van der Waals surface area contributed by atoms with Crippen LogP contribution < -0.4 is 10.1 Å². The summed E-state index contributed by atoms with van der Waals surface area (Å²) in [7, 11) is 1.52. The molecule has 0 aliphatic carbocycles. The first-order valence-corrected chi connectivity index (χ1v) is 8.02. The van der Waals surface area contributed by atoms with Crippen molar-refractivity contribution in [2.24, 2.45) is 0 Å². The van der Waals surface area contributed by atoms with Gasteiger partial charge in [0.1, 0.15) is 34.7 Å². The Morgan fingerprint density at radius 2 is 2.00 bits per heavy atom. The van der Waals surface area contributed by atoms with E-state index in [0.717, 1.165) is 0 Å². The molecule has 134 valence electrons. The number of rotatable bonds is 5. The lowest BCUT2D eigenvalue weighted by Crippen LogP contribution is -2.13. The van der Waals surface area contributed by atoms with Crippen molar-refractivity contribution in [1.29, 1.82) is 5.26 Å². The molecule has 0 spiro atoms. The highest BCUT2D eigenvalue weighted by atomic mass is 19.1. The van der Waals surface area contributed by atoms with Crippen molar-refractivity contribution in [3.63, 3.8) is 0 Å². The molecule has 3 rings (SSSR count). The smallest absolute Gasteiger partial charge is 0.266 e. The maximum absolute atomic E-state index is 13.8. The molecule has 2 aromatic carbocycles. The molecule has 0 radical (unpaired) electrons. The van der Waals surface area contributed by atoms with Gasteiger partial charge in [0.15, 0.2) is 0 Å². The van der Waals surface area contributed by atoms with Gasteiger partial charge in [0.05, 0.1) is 12.7 Å². The Kier molecular flexibility index (Phi) is 5.33. The molecule has 0 bridgehead atoms. The Bertz CT molecular complexity index is 1050. The minimum Gasteiger partial charge on any atom is -0.497 e. The Labute approximate surface area is 155 Å². The monoisotopic (exact) mass is 362 g/mol. The fourth-order valence-electron chi connectivity index (χ4n) is 2.43. The number of methoxy groups -OCH3 is 1. The summed E-state index contributed by atoms with van der Waals surface area (Å²) in [5.41, 5.74) is 0.649. The van der Waals surface area contributed by atoms with Crippen LogP contribution in [0.15, 0.2) is 70.7 Å². The molecular formula is C21H15FN2O3. The van der Waals surface area contributed by atoms with Gasteiger partial charge in [0.25, 0.3) is 5.91 Å². The second-order valence-corrected chi connectivity index (χ2v) is 5.54. The van der Waals surface area contributed by atoms with Crippen LogP contribution in [0.4, 0.5) is 10.1 Å². The quantitative estimate of drug-likeness (QED) is 0.530. The maximum Gasteiger partial charge on any atom is 0.266 e. The molecule has 0 aliphatic rings. The summed E-state index contributed by atoms with van der Waals surface area (Å²) < 4.78 is 24.5. The van der Waals surface area contributed by atoms with E-state index < -0.39 is 11.7 Å². The van der Waals surface area contributed by atoms with Crippen molar-refractivity contribution in [2.45, 2.75) is 0 Å². The lowest BCUT2D eigenvalue weighted by Gasteiger charge is -2.06. The van der Waals surface area contributed by atoms with Crippen LogP contribution in [0, 0.1) is 17.1 Å². The van der Waals surface area contributed by atoms with Gasteiger partial charge in [-0.25, -0.2) is 4.39 Å². The number of hydrogen-bond acceptors (Lipinski definition) is 4. The van der Waals surface area contributed by atoms with Gasteiger partial charge in [-0.05, 0) is 36.4 Å². The number of ether oxygens (including phenoxy) is 1. The van der Waals surface area contributed by atoms with Gasteiger partial charge >= 0.3 is 0 Å². The number of nitriles is 1. The standard InChI is InChI=1S/C21H15FN2O3/c1-26-16-6-4-5-15(12-16)24-21(25)14(13-23)11-17-9-10-20(27-17)18-7-2-3-8-19(18)22/h2-12H,1H3,(H,24,25)/b14-11+. The van der Waals surface area contributed by atoms with Gasteiger partial charge < -0.3 is 14.5 Å². The van der Waals surface area contributed by atoms with Gasteiger partial charge in [-0.3, -0.25) is 4.79 Å². The van der Waals surface area contributed by atoms with E-state index in [1.165, 1.54) is 19.3 Å². The zero-order valence-electron chi connectivity index (χ0n) is 14.4. The number of halogens is 1. The Balaban J connectivity index is 1.81. The van der Waals surface area contributed by atoms with Crippen LogP contribution in [-0.2, 0) is 4.79 Å². The Morgan fingerprint density at radius 3 is 2.74 bits per heavy atom. The molecule has 0 aliphatic heterocycles. The van der Waals surface area contributed by atoms with Crippen LogP contribution in [-0.4, -0.2) is 13.0 Å². The molecule has 6 heteroatoms. The minimum atomic E-state index is -0.588. The predicted octanol–water partition coefficient (Wildman–Crippen LogP) is 4.64. The summed E-state index contributed by atoms with van der Waals surface area (Å²) in [4.78, 5) is 12.3. The number of furan rings is 1. The number of benzene rings is 2. The van der Waals surface area contributed by atoms with Crippen molar-refractivity contribution < 1.29 is 18.3 Å². The molecule has 0 saturated carbocycles. The molecule has 27 heavy (non-hydrogen) atoms. The van der Waals surface area contributed by atoms with Gasteiger partial charge in [-0.2, -0.15) is 5.26 Å². The Hall–Kier alpha value is -3.85. The zero-order valence-corrected chi connectivity index (χ0v) is 14.4. The normalized spacial score (nSPS) is 10.9. The van der Waals surface area contributed by atoms with Crippen LogP contribution in [0.3, 0.4) is 0 Å². The third kappa shape index (κ3) is 4.22. The molecule has 3 aromatic rings. The molecule has 1 N–H and O–H groups in total. The van der Waals surface area contributed by atoms with Crippen molar-refractivity contribution in [1.82, 2.24) is 0 Å². The van der Waals surface area contributed by atoms with Crippen molar-refractivity contribution in [2.75, 3.05) is 12.4 Å². The fourth-order valence-corrected chi connectivity index (χ4v) is 2.43. The second-order valence-electron chi connectivity index (χ2n) is 5.54. The van der Waals surface area contributed by atoms with Crippen molar-refractivity contribution >= 4 is 17.7 Å².